The van der Waals surface area contributed by atoms with E-state index in [4.69, 9.17) is 0 Å². The highest BCUT2D eigenvalue weighted by Gasteiger charge is 2.17. The maximum absolute atomic E-state index is 11.6. The molecule has 2 N–H and O–H groups in total. The second-order valence-corrected chi connectivity index (χ2v) is 6.89. The van der Waals surface area contributed by atoms with Crippen LogP contribution in [-0.4, -0.2) is 20.7 Å². The van der Waals surface area contributed by atoms with E-state index in [0.29, 0.717) is 17.5 Å². The van der Waals surface area contributed by atoms with Gasteiger partial charge < -0.3 is 10.6 Å². The molecule has 5 nitrogen and oxygen atoms in total. The van der Waals surface area contributed by atoms with Crippen molar-refractivity contribution in [2.24, 2.45) is 0 Å². The van der Waals surface area contributed by atoms with Gasteiger partial charge in [0.15, 0.2) is 0 Å². The van der Waals surface area contributed by atoms with Crippen LogP contribution in [-0.2, 0) is 35.3 Å². The molecule has 6 heteroatoms. The molecule has 3 heterocycles. The topological polar surface area (TPSA) is 66.9 Å². The monoisotopic (exact) mass is 300 g/mol. The van der Waals surface area contributed by atoms with Gasteiger partial charge in [-0.25, -0.2) is 9.97 Å². The number of aromatic nitrogens is 2. The second-order valence-electron chi connectivity index (χ2n) is 5.43. The van der Waals surface area contributed by atoms with Gasteiger partial charge in [0, 0.05) is 40.7 Å². The average molecular weight is 300 g/mol. The molecule has 0 saturated carbocycles. The van der Waals surface area contributed by atoms with Crippen LogP contribution in [0.25, 0.3) is 0 Å². The number of fused-ring (bicyclic) bond motifs is 2. The molecule has 2 aliphatic heterocycles. The molecule has 4 rings (SSSR count). The highest BCUT2D eigenvalue weighted by Crippen LogP contribution is 2.26. The molecule has 0 amide bonds. The number of hydrogen-bond acceptors (Lipinski definition) is 5. The molecule has 0 radical (unpaired) electrons. The molecule has 2 aromatic rings. The van der Waals surface area contributed by atoms with E-state index in [1.54, 1.807) is 0 Å². The standard InChI is InChI=1S/C15H16N4OS/c20-21-8-11-1-2-13(5-12(11)9-21)18-15-17-6-10-3-4-16-7-14(10)19-15/h1-2,5-6,16H,3-4,7-9H2,(H,17,18,19). The van der Waals surface area contributed by atoms with E-state index >= 15 is 0 Å². The first-order valence-electron chi connectivity index (χ1n) is 7.07. The lowest BCUT2D eigenvalue weighted by Gasteiger charge is -2.16. The van der Waals surface area contributed by atoms with Gasteiger partial charge in [-0.1, -0.05) is 6.07 Å². The summed E-state index contributed by atoms with van der Waals surface area (Å²) in [6, 6.07) is 6.10. The summed E-state index contributed by atoms with van der Waals surface area (Å²) >= 11 is 0. The second kappa shape index (κ2) is 5.20. The summed E-state index contributed by atoms with van der Waals surface area (Å²) < 4.78 is 11.6. The molecular weight excluding hydrogens is 284 g/mol. The number of benzene rings is 1. The van der Waals surface area contributed by atoms with Gasteiger partial charge >= 0.3 is 0 Å². The van der Waals surface area contributed by atoms with Crippen molar-refractivity contribution in [1.82, 2.24) is 15.3 Å². The third-order valence-electron chi connectivity index (χ3n) is 3.91. The first-order chi connectivity index (χ1) is 10.3. The van der Waals surface area contributed by atoms with Crippen LogP contribution in [0.1, 0.15) is 22.4 Å². The molecule has 2 aliphatic rings. The fraction of sp³-hybridized carbons (Fsp3) is 0.333. The Kier molecular flexibility index (Phi) is 3.20. The average Bonchev–Trinajstić information content (AvgIpc) is 2.86. The third kappa shape index (κ3) is 2.56. The summed E-state index contributed by atoms with van der Waals surface area (Å²) in [5.74, 6) is 1.95. The molecule has 0 fully saturated rings. The number of rotatable bonds is 2. The lowest BCUT2D eigenvalue weighted by molar-refractivity contribution is 0.624. The van der Waals surface area contributed by atoms with Crippen LogP contribution in [0.3, 0.4) is 0 Å². The van der Waals surface area contributed by atoms with E-state index < -0.39 is 10.8 Å². The Balaban J connectivity index is 1.59. The fourth-order valence-electron chi connectivity index (χ4n) is 2.80. The Morgan fingerprint density at radius 2 is 2.10 bits per heavy atom. The van der Waals surface area contributed by atoms with Crippen LogP contribution >= 0.6 is 0 Å². The zero-order valence-electron chi connectivity index (χ0n) is 11.6. The highest BCUT2D eigenvalue weighted by molar-refractivity contribution is 7.83. The van der Waals surface area contributed by atoms with Gasteiger partial charge in [0.25, 0.3) is 0 Å². The molecule has 21 heavy (non-hydrogen) atoms. The van der Waals surface area contributed by atoms with Gasteiger partial charge in [-0.05, 0) is 41.8 Å². The van der Waals surface area contributed by atoms with E-state index in [-0.39, 0.29) is 0 Å². The highest BCUT2D eigenvalue weighted by atomic mass is 32.2. The van der Waals surface area contributed by atoms with Crippen LogP contribution in [0, 0.1) is 0 Å². The van der Waals surface area contributed by atoms with Gasteiger partial charge in [0.1, 0.15) is 0 Å². The molecule has 0 saturated heterocycles. The van der Waals surface area contributed by atoms with E-state index in [9.17, 15) is 4.21 Å². The summed E-state index contributed by atoms with van der Waals surface area (Å²) in [4.78, 5) is 8.96. The first kappa shape index (κ1) is 12.9. The smallest absolute Gasteiger partial charge is 0.227 e. The van der Waals surface area contributed by atoms with E-state index in [1.807, 2.05) is 18.3 Å². The van der Waals surface area contributed by atoms with Crippen molar-refractivity contribution in [2.45, 2.75) is 24.5 Å². The fourth-order valence-corrected chi connectivity index (χ4v) is 4.15. The van der Waals surface area contributed by atoms with Crippen molar-refractivity contribution in [3.05, 3.63) is 46.8 Å². The maximum Gasteiger partial charge on any atom is 0.227 e. The lowest BCUT2D eigenvalue weighted by Crippen LogP contribution is -2.25. The molecule has 0 aliphatic carbocycles. The summed E-state index contributed by atoms with van der Waals surface area (Å²) in [6.07, 6.45) is 2.90. The molecule has 108 valence electrons. The van der Waals surface area contributed by atoms with Crippen LogP contribution in [0.2, 0.25) is 0 Å². The van der Waals surface area contributed by atoms with Crippen molar-refractivity contribution in [1.29, 1.82) is 0 Å². The van der Waals surface area contributed by atoms with Crippen molar-refractivity contribution in [2.75, 3.05) is 11.9 Å². The van der Waals surface area contributed by atoms with Crippen molar-refractivity contribution in [3.8, 4) is 0 Å². The minimum absolute atomic E-state index is 0.622. The van der Waals surface area contributed by atoms with Crippen LogP contribution in [0.4, 0.5) is 11.6 Å². The molecule has 0 bridgehead atoms. The van der Waals surface area contributed by atoms with E-state index in [0.717, 1.165) is 36.5 Å². The quantitative estimate of drug-likeness (QED) is 0.882. The third-order valence-corrected chi connectivity index (χ3v) is 5.18. The molecule has 1 unspecified atom stereocenters. The molecular formula is C15H16N4OS. The number of nitrogens with one attached hydrogen (secondary N) is 2. The van der Waals surface area contributed by atoms with E-state index in [1.165, 1.54) is 11.1 Å². The van der Waals surface area contributed by atoms with Gasteiger partial charge in [-0.15, -0.1) is 0 Å². The first-order valence-corrected chi connectivity index (χ1v) is 8.56. The minimum atomic E-state index is -0.743. The SMILES string of the molecule is O=S1Cc2ccc(Nc3ncc4c(n3)CNCC4)cc2C1. The van der Waals surface area contributed by atoms with Gasteiger partial charge in [0.05, 0.1) is 5.69 Å². The molecule has 1 aromatic carbocycles. The molecule has 0 spiro atoms. The Morgan fingerprint density at radius 3 is 3.05 bits per heavy atom. The maximum atomic E-state index is 11.6. The van der Waals surface area contributed by atoms with Gasteiger partial charge in [0.2, 0.25) is 5.95 Å². The predicted octanol–water partition coefficient (Wildman–Crippen LogP) is 1.63. The Hall–Kier alpha value is -1.79. The zero-order valence-corrected chi connectivity index (χ0v) is 12.4. The largest absolute Gasteiger partial charge is 0.324 e. The molecule has 1 aromatic heterocycles. The Morgan fingerprint density at radius 1 is 1.19 bits per heavy atom. The van der Waals surface area contributed by atoms with Gasteiger partial charge in [-0.2, -0.15) is 0 Å². The lowest BCUT2D eigenvalue weighted by atomic mass is 10.1. The summed E-state index contributed by atoms with van der Waals surface area (Å²) in [7, 11) is -0.743. The normalized spacial score (nSPS) is 19.9. The van der Waals surface area contributed by atoms with Crippen LogP contribution in [0.5, 0.6) is 0 Å². The number of hydrogen-bond donors (Lipinski definition) is 2. The van der Waals surface area contributed by atoms with Crippen molar-refractivity contribution < 1.29 is 4.21 Å². The number of nitrogens with zero attached hydrogens (tertiary/aromatic N) is 2. The van der Waals surface area contributed by atoms with Crippen LogP contribution < -0.4 is 10.6 Å². The Bertz CT molecular complexity index is 732. The van der Waals surface area contributed by atoms with Crippen LogP contribution in [0.15, 0.2) is 24.4 Å². The predicted molar refractivity (Wildman–Crippen MR) is 82.7 cm³/mol. The summed E-state index contributed by atoms with van der Waals surface area (Å²) in [6.45, 7) is 1.79. The van der Waals surface area contributed by atoms with Gasteiger partial charge in [-0.3, -0.25) is 4.21 Å². The molecule has 1 atom stereocenters. The Labute approximate surface area is 125 Å². The minimum Gasteiger partial charge on any atom is -0.324 e. The van der Waals surface area contributed by atoms with E-state index in [2.05, 4.69) is 26.7 Å². The number of anilines is 2. The zero-order chi connectivity index (χ0) is 14.2. The van der Waals surface area contributed by atoms with Crippen molar-refractivity contribution >= 4 is 22.4 Å². The van der Waals surface area contributed by atoms with Crippen molar-refractivity contribution in [3.63, 3.8) is 0 Å². The summed E-state index contributed by atoms with van der Waals surface area (Å²) in [5, 5.41) is 6.57. The summed E-state index contributed by atoms with van der Waals surface area (Å²) in [5.41, 5.74) is 5.61.